The van der Waals surface area contributed by atoms with Crippen LogP contribution in [-0.2, 0) is 0 Å². The van der Waals surface area contributed by atoms with E-state index in [0.717, 1.165) is 25.0 Å². The molecule has 1 aliphatic rings. The number of nitrogens with two attached hydrogens (primary N) is 1. The van der Waals surface area contributed by atoms with E-state index >= 15 is 0 Å². The third-order valence-electron chi connectivity index (χ3n) is 4.26. The van der Waals surface area contributed by atoms with E-state index in [9.17, 15) is 13.2 Å². The Hall–Kier alpha value is -1.07. The molecule has 0 radical (unpaired) electrons. The molecule has 20 heavy (non-hydrogen) atoms. The Morgan fingerprint density at radius 3 is 2.20 bits per heavy atom. The maximum absolute atomic E-state index is 13.4. The van der Waals surface area contributed by atoms with Crippen molar-refractivity contribution in [2.75, 3.05) is 13.6 Å². The predicted octanol–water partition coefficient (Wildman–Crippen LogP) is 3.37. The van der Waals surface area contributed by atoms with Crippen molar-refractivity contribution in [2.45, 2.75) is 44.2 Å². The average molecular weight is 286 g/mol. The smallest absolute Gasteiger partial charge is 0.194 e. The van der Waals surface area contributed by atoms with Crippen LogP contribution >= 0.6 is 0 Å². The van der Waals surface area contributed by atoms with Crippen LogP contribution in [0.3, 0.4) is 0 Å². The van der Waals surface area contributed by atoms with Crippen LogP contribution in [0.2, 0.25) is 0 Å². The number of halogens is 3. The van der Waals surface area contributed by atoms with Crippen LogP contribution in [0.4, 0.5) is 13.2 Å². The lowest BCUT2D eigenvalue weighted by atomic mass is 9.92. The molecule has 2 rings (SSSR count). The second-order valence-corrected chi connectivity index (χ2v) is 5.51. The van der Waals surface area contributed by atoms with Crippen LogP contribution in [0.5, 0.6) is 0 Å². The summed E-state index contributed by atoms with van der Waals surface area (Å²) >= 11 is 0. The summed E-state index contributed by atoms with van der Waals surface area (Å²) in [6.45, 7) is 0.248. The van der Waals surface area contributed by atoms with Crippen molar-refractivity contribution in [3.05, 3.63) is 35.1 Å². The largest absolute Gasteiger partial charge is 0.329 e. The molecule has 112 valence electrons. The van der Waals surface area contributed by atoms with Gasteiger partial charge in [0, 0.05) is 18.6 Å². The lowest BCUT2D eigenvalue weighted by molar-refractivity contribution is 0.140. The van der Waals surface area contributed by atoms with E-state index in [-0.39, 0.29) is 12.6 Å². The topological polar surface area (TPSA) is 29.3 Å². The van der Waals surface area contributed by atoms with Gasteiger partial charge in [0.05, 0.1) is 0 Å². The first kappa shape index (κ1) is 15.3. The first-order valence-electron chi connectivity index (χ1n) is 7.11. The van der Waals surface area contributed by atoms with Gasteiger partial charge in [-0.2, -0.15) is 0 Å². The quantitative estimate of drug-likeness (QED) is 0.860. The fourth-order valence-corrected chi connectivity index (χ4v) is 3.05. The third-order valence-corrected chi connectivity index (χ3v) is 4.26. The Morgan fingerprint density at radius 1 is 1.15 bits per heavy atom. The first-order valence-corrected chi connectivity index (χ1v) is 7.11. The zero-order valence-corrected chi connectivity index (χ0v) is 11.7. The maximum atomic E-state index is 13.4. The molecule has 1 atom stereocenters. The summed E-state index contributed by atoms with van der Waals surface area (Å²) in [6, 6.07) is 2.18. The van der Waals surface area contributed by atoms with Gasteiger partial charge in [-0.25, -0.2) is 13.2 Å². The number of rotatable bonds is 4. The molecular formula is C15H21F3N2. The van der Waals surface area contributed by atoms with Gasteiger partial charge in [-0.3, -0.25) is 4.90 Å². The lowest BCUT2D eigenvalue weighted by Gasteiger charge is -2.37. The second kappa shape index (κ2) is 6.59. The Morgan fingerprint density at radius 2 is 1.70 bits per heavy atom. The zero-order valence-electron chi connectivity index (χ0n) is 11.7. The van der Waals surface area contributed by atoms with Gasteiger partial charge in [0.1, 0.15) is 0 Å². The van der Waals surface area contributed by atoms with Gasteiger partial charge < -0.3 is 5.73 Å². The van der Waals surface area contributed by atoms with E-state index in [2.05, 4.69) is 4.90 Å². The summed E-state index contributed by atoms with van der Waals surface area (Å²) in [5.74, 6) is -3.74. The van der Waals surface area contributed by atoms with Crippen molar-refractivity contribution in [3.63, 3.8) is 0 Å². The van der Waals surface area contributed by atoms with Crippen molar-refractivity contribution in [3.8, 4) is 0 Å². The minimum Gasteiger partial charge on any atom is -0.329 e. The van der Waals surface area contributed by atoms with Crippen LogP contribution in [0.1, 0.15) is 43.7 Å². The molecule has 1 aliphatic carbocycles. The summed E-state index contributed by atoms with van der Waals surface area (Å²) in [4.78, 5) is 2.07. The molecule has 0 bridgehead atoms. The second-order valence-electron chi connectivity index (χ2n) is 5.51. The van der Waals surface area contributed by atoms with E-state index in [4.69, 9.17) is 5.73 Å². The van der Waals surface area contributed by atoms with Crippen molar-refractivity contribution < 1.29 is 13.2 Å². The molecule has 1 saturated carbocycles. The average Bonchev–Trinajstić information content (AvgIpc) is 2.46. The summed E-state index contributed by atoms with van der Waals surface area (Å²) in [7, 11) is 1.92. The molecule has 1 unspecified atom stereocenters. The van der Waals surface area contributed by atoms with Crippen LogP contribution in [-0.4, -0.2) is 24.5 Å². The molecule has 0 spiro atoms. The highest BCUT2D eigenvalue weighted by Crippen LogP contribution is 2.29. The Balaban J connectivity index is 2.22. The van der Waals surface area contributed by atoms with Gasteiger partial charge >= 0.3 is 0 Å². The van der Waals surface area contributed by atoms with Crippen molar-refractivity contribution >= 4 is 0 Å². The predicted molar refractivity (Wildman–Crippen MR) is 72.7 cm³/mol. The Kier molecular flexibility index (Phi) is 5.05. The molecular weight excluding hydrogens is 265 g/mol. The fourth-order valence-electron chi connectivity index (χ4n) is 3.05. The monoisotopic (exact) mass is 286 g/mol. The van der Waals surface area contributed by atoms with E-state index < -0.39 is 17.5 Å². The number of benzene rings is 1. The lowest BCUT2D eigenvalue weighted by Crippen LogP contribution is -2.39. The van der Waals surface area contributed by atoms with E-state index in [0.29, 0.717) is 11.6 Å². The molecule has 0 aliphatic heterocycles. The molecule has 1 fully saturated rings. The minimum absolute atomic E-state index is 0.248. The molecule has 5 heteroatoms. The summed E-state index contributed by atoms with van der Waals surface area (Å²) < 4.78 is 39.8. The minimum atomic E-state index is -1.43. The highest BCUT2D eigenvalue weighted by atomic mass is 19.2. The van der Waals surface area contributed by atoms with Gasteiger partial charge in [0.2, 0.25) is 0 Å². The maximum Gasteiger partial charge on any atom is 0.194 e. The van der Waals surface area contributed by atoms with E-state index in [1.165, 1.54) is 19.3 Å². The fraction of sp³-hybridized carbons (Fsp3) is 0.600. The highest BCUT2D eigenvalue weighted by molar-refractivity contribution is 5.23. The Bertz CT molecular complexity index is 435. The van der Waals surface area contributed by atoms with Crippen molar-refractivity contribution in [1.29, 1.82) is 0 Å². The summed E-state index contributed by atoms with van der Waals surface area (Å²) in [6.07, 6.45) is 5.70. The molecule has 0 heterocycles. The van der Waals surface area contributed by atoms with Crippen LogP contribution < -0.4 is 5.73 Å². The SMILES string of the molecule is CN(C1CCCCC1)C(CN)c1cc(F)c(F)c(F)c1. The van der Waals surface area contributed by atoms with E-state index in [1.54, 1.807) is 0 Å². The standard InChI is InChI=1S/C15H21F3N2/c1-20(11-5-3-2-4-6-11)14(9-19)10-7-12(16)15(18)13(17)8-10/h7-8,11,14H,2-6,9,19H2,1H3. The molecule has 0 aromatic heterocycles. The van der Waals surface area contributed by atoms with Crippen LogP contribution in [0.15, 0.2) is 12.1 Å². The molecule has 2 N–H and O–H groups in total. The van der Waals surface area contributed by atoms with Gasteiger partial charge in [-0.15, -0.1) is 0 Å². The molecule has 1 aromatic carbocycles. The van der Waals surface area contributed by atoms with Gasteiger partial charge in [-0.1, -0.05) is 19.3 Å². The number of hydrogen-bond acceptors (Lipinski definition) is 2. The number of likely N-dealkylation sites (N-methyl/N-ethyl adjacent to an activating group) is 1. The summed E-state index contributed by atoms with van der Waals surface area (Å²) in [5, 5.41) is 0. The van der Waals surface area contributed by atoms with Crippen LogP contribution in [0, 0.1) is 17.5 Å². The number of nitrogens with zero attached hydrogens (tertiary/aromatic N) is 1. The van der Waals surface area contributed by atoms with E-state index in [1.807, 2.05) is 7.05 Å². The third kappa shape index (κ3) is 3.15. The Labute approximate surface area is 117 Å². The van der Waals surface area contributed by atoms with Gasteiger partial charge in [0.15, 0.2) is 17.5 Å². The van der Waals surface area contributed by atoms with Crippen LogP contribution in [0.25, 0.3) is 0 Å². The van der Waals surface area contributed by atoms with Gasteiger partial charge in [-0.05, 0) is 37.6 Å². The molecule has 0 amide bonds. The molecule has 2 nitrogen and oxygen atoms in total. The van der Waals surface area contributed by atoms with Crippen molar-refractivity contribution in [1.82, 2.24) is 4.90 Å². The highest BCUT2D eigenvalue weighted by Gasteiger charge is 2.26. The number of hydrogen-bond donors (Lipinski definition) is 1. The normalized spacial score (nSPS) is 18.5. The summed E-state index contributed by atoms with van der Waals surface area (Å²) in [5.41, 5.74) is 6.17. The van der Waals surface area contributed by atoms with Gasteiger partial charge in [0.25, 0.3) is 0 Å². The first-order chi connectivity index (χ1) is 9.54. The van der Waals surface area contributed by atoms with Crippen molar-refractivity contribution in [2.24, 2.45) is 5.73 Å². The molecule has 0 saturated heterocycles. The zero-order chi connectivity index (χ0) is 14.7. The molecule has 1 aromatic rings.